The maximum atomic E-state index is 13.2. The highest BCUT2D eigenvalue weighted by molar-refractivity contribution is 6.34. The van der Waals surface area contributed by atoms with E-state index in [1.165, 1.54) is 0 Å². The number of halogens is 1. The molecule has 0 aromatic heterocycles. The smallest absolute Gasteiger partial charge is 0.310 e. The number of benzene rings is 1. The monoisotopic (exact) mass is 345 g/mol. The molecule has 5 nitrogen and oxygen atoms in total. The molecule has 1 N–H and O–H groups in total. The molecule has 1 aromatic carbocycles. The van der Waals surface area contributed by atoms with Crippen LogP contribution in [0.5, 0.6) is 0 Å². The third kappa shape index (κ3) is 1.79. The van der Waals surface area contributed by atoms with Crippen LogP contribution >= 0.6 is 11.6 Å². The zero-order chi connectivity index (χ0) is 17.1. The van der Waals surface area contributed by atoms with Crippen LogP contribution in [-0.2, 0) is 14.3 Å². The highest BCUT2D eigenvalue weighted by Crippen LogP contribution is 2.56. The third-order valence-corrected chi connectivity index (χ3v) is 5.53. The number of anilines is 1. The van der Waals surface area contributed by atoms with Gasteiger partial charge in [0, 0.05) is 0 Å². The topological polar surface area (TPSA) is 66.8 Å². The van der Waals surface area contributed by atoms with E-state index in [1.807, 2.05) is 6.08 Å². The molecular weight excluding hydrogens is 330 g/mol. The SMILES string of the molecule is C=CC[C@@H]1N(c2ccccc2Cl)C(=O)[C@H]2[C@H](C(=O)O)[C@@H]3C=C[C@@]12O3. The van der Waals surface area contributed by atoms with Crippen molar-refractivity contribution in [1.82, 2.24) is 0 Å². The summed E-state index contributed by atoms with van der Waals surface area (Å²) < 4.78 is 6.04. The van der Waals surface area contributed by atoms with Crippen molar-refractivity contribution in [3.63, 3.8) is 0 Å². The van der Waals surface area contributed by atoms with Crippen molar-refractivity contribution in [2.45, 2.75) is 24.2 Å². The van der Waals surface area contributed by atoms with Crippen molar-refractivity contribution in [3.05, 3.63) is 54.1 Å². The summed E-state index contributed by atoms with van der Waals surface area (Å²) >= 11 is 6.29. The Balaban J connectivity index is 1.87. The van der Waals surface area contributed by atoms with Crippen LogP contribution in [0.15, 0.2) is 49.1 Å². The van der Waals surface area contributed by atoms with E-state index in [1.54, 1.807) is 41.3 Å². The number of carbonyl (C=O) groups excluding carboxylic acids is 1. The summed E-state index contributed by atoms with van der Waals surface area (Å²) in [5, 5.41) is 10.0. The van der Waals surface area contributed by atoms with Gasteiger partial charge >= 0.3 is 5.97 Å². The Morgan fingerprint density at radius 3 is 2.88 bits per heavy atom. The van der Waals surface area contributed by atoms with Crippen molar-refractivity contribution in [2.24, 2.45) is 11.8 Å². The van der Waals surface area contributed by atoms with Gasteiger partial charge in [0.1, 0.15) is 11.5 Å². The van der Waals surface area contributed by atoms with Crippen LogP contribution in [0.1, 0.15) is 6.42 Å². The summed E-state index contributed by atoms with van der Waals surface area (Å²) in [6, 6.07) is 6.70. The van der Waals surface area contributed by atoms with E-state index in [-0.39, 0.29) is 11.9 Å². The normalized spacial score (nSPS) is 36.2. The lowest BCUT2D eigenvalue weighted by Gasteiger charge is -2.32. The first kappa shape index (κ1) is 15.4. The molecule has 3 aliphatic heterocycles. The second-order valence-corrected chi connectivity index (χ2v) is 6.74. The van der Waals surface area contributed by atoms with Crippen LogP contribution in [0.4, 0.5) is 5.69 Å². The number of nitrogens with zero attached hydrogens (tertiary/aromatic N) is 1. The molecule has 3 aliphatic rings. The molecule has 0 radical (unpaired) electrons. The van der Waals surface area contributed by atoms with E-state index < -0.39 is 29.5 Å². The standard InChI is InChI=1S/C18H16ClNO4/c1-2-5-13-18-9-8-12(24-18)14(17(22)23)15(18)16(21)20(13)11-7-4-3-6-10(11)19/h2-4,6-9,12-15H,1,5H2,(H,22,23)/t12-,13-,14+,15+,18+/m0/s1. The number of aliphatic carboxylic acids is 1. The van der Waals surface area contributed by atoms with E-state index >= 15 is 0 Å². The fourth-order valence-electron chi connectivity index (χ4n) is 4.31. The van der Waals surface area contributed by atoms with Crippen LogP contribution in [0.3, 0.4) is 0 Å². The molecule has 2 saturated heterocycles. The van der Waals surface area contributed by atoms with Gasteiger partial charge in [-0.15, -0.1) is 6.58 Å². The summed E-state index contributed by atoms with van der Waals surface area (Å²) in [6.07, 6.45) is 5.26. The number of hydrogen-bond donors (Lipinski definition) is 1. The van der Waals surface area contributed by atoms with Crippen LogP contribution in [0, 0.1) is 11.8 Å². The number of carboxylic acids is 1. The van der Waals surface area contributed by atoms with Crippen molar-refractivity contribution in [3.8, 4) is 0 Å². The molecule has 0 unspecified atom stereocenters. The molecule has 1 spiro atoms. The van der Waals surface area contributed by atoms with Gasteiger partial charge in [0.2, 0.25) is 5.91 Å². The van der Waals surface area contributed by atoms with Gasteiger partial charge in [-0.05, 0) is 18.6 Å². The largest absolute Gasteiger partial charge is 0.481 e. The first-order valence-corrected chi connectivity index (χ1v) is 8.17. The number of rotatable bonds is 4. The predicted octanol–water partition coefficient (Wildman–Crippen LogP) is 2.66. The average molecular weight is 346 g/mol. The Hall–Kier alpha value is -2.11. The summed E-state index contributed by atoms with van der Waals surface area (Å²) in [5.74, 6) is -2.88. The molecule has 24 heavy (non-hydrogen) atoms. The third-order valence-electron chi connectivity index (χ3n) is 5.21. The quantitative estimate of drug-likeness (QED) is 0.852. The molecule has 0 saturated carbocycles. The first-order valence-electron chi connectivity index (χ1n) is 7.79. The lowest BCUT2D eigenvalue weighted by atomic mass is 9.74. The van der Waals surface area contributed by atoms with Crippen molar-refractivity contribution >= 4 is 29.2 Å². The number of hydrogen-bond acceptors (Lipinski definition) is 3. The average Bonchev–Trinajstić information content (AvgIpc) is 3.18. The molecule has 1 amide bonds. The molecule has 124 valence electrons. The van der Waals surface area contributed by atoms with Gasteiger partial charge in [-0.2, -0.15) is 0 Å². The van der Waals surface area contributed by atoms with E-state index in [0.717, 1.165) is 0 Å². The summed E-state index contributed by atoms with van der Waals surface area (Å²) in [7, 11) is 0. The fourth-order valence-corrected chi connectivity index (χ4v) is 4.54. The number of carboxylic acid groups (broad SMARTS) is 1. The molecular formula is C18H16ClNO4. The van der Waals surface area contributed by atoms with Gasteiger partial charge in [0.25, 0.3) is 0 Å². The molecule has 2 bridgehead atoms. The molecule has 0 aliphatic carbocycles. The highest BCUT2D eigenvalue weighted by Gasteiger charge is 2.71. The molecule has 5 atom stereocenters. The van der Waals surface area contributed by atoms with Gasteiger partial charge in [0.15, 0.2) is 0 Å². The Morgan fingerprint density at radius 1 is 1.46 bits per heavy atom. The number of ether oxygens (including phenoxy) is 1. The maximum absolute atomic E-state index is 13.2. The predicted molar refractivity (Wildman–Crippen MR) is 88.9 cm³/mol. The van der Waals surface area contributed by atoms with Crippen LogP contribution in [0.25, 0.3) is 0 Å². The minimum atomic E-state index is -1.01. The molecule has 1 aromatic rings. The van der Waals surface area contributed by atoms with Gasteiger partial charge in [0.05, 0.1) is 28.8 Å². The van der Waals surface area contributed by atoms with E-state index in [4.69, 9.17) is 16.3 Å². The van der Waals surface area contributed by atoms with Gasteiger partial charge in [-0.3, -0.25) is 9.59 Å². The van der Waals surface area contributed by atoms with E-state index in [2.05, 4.69) is 6.58 Å². The van der Waals surface area contributed by atoms with Crippen molar-refractivity contribution in [2.75, 3.05) is 4.90 Å². The zero-order valence-electron chi connectivity index (χ0n) is 12.8. The molecule has 4 rings (SSSR count). The van der Waals surface area contributed by atoms with E-state index in [9.17, 15) is 14.7 Å². The Bertz CT molecular complexity index is 776. The second-order valence-electron chi connectivity index (χ2n) is 6.34. The van der Waals surface area contributed by atoms with Crippen molar-refractivity contribution < 1.29 is 19.4 Å². The Labute approximate surface area is 144 Å². The van der Waals surface area contributed by atoms with Crippen LogP contribution < -0.4 is 4.90 Å². The van der Waals surface area contributed by atoms with E-state index in [0.29, 0.717) is 17.1 Å². The number of amides is 1. The summed E-state index contributed by atoms with van der Waals surface area (Å²) in [4.78, 5) is 26.5. The summed E-state index contributed by atoms with van der Waals surface area (Å²) in [5.41, 5.74) is -0.359. The minimum absolute atomic E-state index is 0.255. The van der Waals surface area contributed by atoms with Crippen LogP contribution in [0.2, 0.25) is 5.02 Å². The molecule has 3 heterocycles. The fraction of sp³-hybridized carbons (Fsp3) is 0.333. The zero-order valence-corrected chi connectivity index (χ0v) is 13.5. The Morgan fingerprint density at radius 2 is 2.21 bits per heavy atom. The minimum Gasteiger partial charge on any atom is -0.481 e. The Kier molecular flexibility index (Phi) is 3.34. The number of para-hydroxylation sites is 1. The maximum Gasteiger partial charge on any atom is 0.310 e. The van der Waals surface area contributed by atoms with Crippen LogP contribution in [-0.4, -0.2) is 34.7 Å². The van der Waals surface area contributed by atoms with Gasteiger partial charge in [-0.1, -0.05) is 42.0 Å². The number of carbonyl (C=O) groups is 2. The summed E-state index contributed by atoms with van der Waals surface area (Å²) in [6.45, 7) is 3.78. The van der Waals surface area contributed by atoms with Crippen molar-refractivity contribution in [1.29, 1.82) is 0 Å². The number of fused-ring (bicyclic) bond motifs is 1. The first-order chi connectivity index (χ1) is 11.5. The second kappa shape index (κ2) is 5.19. The molecule has 6 heteroatoms. The highest BCUT2D eigenvalue weighted by atomic mass is 35.5. The lowest BCUT2D eigenvalue weighted by Crippen LogP contribution is -2.45. The lowest BCUT2D eigenvalue weighted by molar-refractivity contribution is -0.146. The molecule has 2 fully saturated rings. The van der Waals surface area contributed by atoms with Gasteiger partial charge < -0.3 is 14.7 Å². The van der Waals surface area contributed by atoms with Gasteiger partial charge in [-0.25, -0.2) is 0 Å².